The maximum atomic E-state index is 15.1. The number of hydrogen-bond acceptors (Lipinski definition) is 8. The van der Waals surface area contributed by atoms with Crippen molar-refractivity contribution < 1.29 is 17.5 Å². The predicted octanol–water partition coefficient (Wildman–Crippen LogP) is 3.30. The van der Waals surface area contributed by atoms with Gasteiger partial charge in [0.1, 0.15) is 22.7 Å². The molecule has 0 aliphatic heterocycles. The molecule has 1 N–H and O–H groups in total. The second kappa shape index (κ2) is 8.75. The molecule has 0 radical (unpaired) electrons. The maximum absolute atomic E-state index is 15.1. The van der Waals surface area contributed by atoms with Crippen LogP contribution in [0.15, 0.2) is 36.8 Å². The van der Waals surface area contributed by atoms with Gasteiger partial charge in [-0.3, -0.25) is 13.8 Å². The average Bonchev–Trinajstić information content (AvgIpc) is 3.41. The number of hydrogen-bond donors (Lipinski definition) is 1. The highest BCUT2D eigenvalue weighted by Gasteiger charge is 2.35. The molecule has 188 valence electrons. The van der Waals surface area contributed by atoms with Crippen LogP contribution in [0.2, 0.25) is 0 Å². The van der Waals surface area contributed by atoms with Gasteiger partial charge >= 0.3 is 0 Å². The second-order valence-electron chi connectivity index (χ2n) is 8.96. The van der Waals surface area contributed by atoms with E-state index in [2.05, 4.69) is 30.0 Å². The minimum Gasteiger partial charge on any atom is -0.366 e. The summed E-state index contributed by atoms with van der Waals surface area (Å²) in [6.45, 7) is 6.93. The van der Waals surface area contributed by atoms with Crippen LogP contribution in [0.1, 0.15) is 38.3 Å². The normalized spacial score (nSPS) is 14.2. The van der Waals surface area contributed by atoms with Crippen LogP contribution in [-0.4, -0.2) is 54.1 Å². The second-order valence-corrected chi connectivity index (χ2v) is 11.0. The first-order chi connectivity index (χ1) is 17.1. The van der Waals surface area contributed by atoms with E-state index in [-0.39, 0.29) is 29.0 Å². The van der Waals surface area contributed by atoms with Crippen molar-refractivity contribution in [2.24, 2.45) is 7.05 Å². The van der Waals surface area contributed by atoms with E-state index in [9.17, 15) is 8.42 Å². The van der Waals surface area contributed by atoms with Crippen molar-refractivity contribution in [2.75, 3.05) is 4.72 Å². The first kappa shape index (κ1) is 24.0. The summed E-state index contributed by atoms with van der Waals surface area (Å²) in [5.74, 6) is -0.469. The lowest BCUT2D eigenvalue weighted by molar-refractivity contribution is 0.00152. The molecule has 5 rings (SSSR count). The quantitative estimate of drug-likeness (QED) is 0.352. The molecule has 0 aliphatic carbocycles. The van der Waals surface area contributed by atoms with Crippen LogP contribution in [0, 0.1) is 12.7 Å². The third-order valence-corrected chi connectivity index (χ3v) is 7.52. The zero-order valence-electron chi connectivity index (χ0n) is 20.3. The Bertz CT molecular complexity index is 1700. The molecule has 0 saturated heterocycles. The van der Waals surface area contributed by atoms with E-state index in [0.717, 1.165) is 5.56 Å². The molecule has 4 heterocycles. The third kappa shape index (κ3) is 4.03. The molecule has 0 amide bonds. The lowest BCUT2D eigenvalue weighted by Gasteiger charge is -2.25. The molecule has 5 aromatic rings. The van der Waals surface area contributed by atoms with Crippen molar-refractivity contribution in [1.29, 1.82) is 0 Å². The van der Waals surface area contributed by atoms with Crippen LogP contribution in [0.3, 0.4) is 0 Å². The Morgan fingerprint density at radius 2 is 1.81 bits per heavy atom. The molecule has 0 fully saturated rings. The minimum atomic E-state index is -4.13. The van der Waals surface area contributed by atoms with E-state index >= 15 is 4.39 Å². The molecular weight excluding hydrogens is 487 g/mol. The molecule has 13 heteroatoms. The Morgan fingerprint density at radius 3 is 2.50 bits per heavy atom. The number of aryl methyl sites for hydroxylation is 2. The van der Waals surface area contributed by atoms with Crippen LogP contribution in [0.25, 0.3) is 27.5 Å². The van der Waals surface area contributed by atoms with Gasteiger partial charge in [-0.15, -0.1) is 10.2 Å². The van der Waals surface area contributed by atoms with E-state index in [0.29, 0.717) is 16.3 Å². The Hall–Kier alpha value is -3.71. The number of benzene rings is 1. The summed E-state index contributed by atoms with van der Waals surface area (Å²) < 4.78 is 53.6. The number of sulfonamides is 1. The van der Waals surface area contributed by atoms with Gasteiger partial charge < -0.3 is 4.74 Å². The number of nitrogens with one attached hydrogen (secondary N) is 1. The Labute approximate surface area is 206 Å². The van der Waals surface area contributed by atoms with Crippen molar-refractivity contribution in [3.8, 4) is 0 Å². The average molecular weight is 513 g/mol. The summed E-state index contributed by atoms with van der Waals surface area (Å²) >= 11 is 0. The topological polar surface area (TPSA) is 129 Å². The smallest absolute Gasteiger partial charge is 0.243 e. The van der Waals surface area contributed by atoms with Crippen molar-refractivity contribution in [2.45, 2.75) is 45.2 Å². The van der Waals surface area contributed by atoms with Crippen LogP contribution < -0.4 is 4.72 Å². The summed E-state index contributed by atoms with van der Waals surface area (Å²) in [5, 5.41) is 12.7. The van der Waals surface area contributed by atoms with E-state index in [1.54, 1.807) is 56.3 Å². The Balaban J connectivity index is 1.63. The fourth-order valence-electron chi connectivity index (χ4n) is 4.13. The fourth-order valence-corrected chi connectivity index (χ4v) is 5.22. The molecule has 0 spiro atoms. The monoisotopic (exact) mass is 512 g/mol. The van der Waals surface area contributed by atoms with Gasteiger partial charge in [-0.05, 0) is 39.3 Å². The number of halogens is 1. The van der Waals surface area contributed by atoms with Gasteiger partial charge in [-0.25, -0.2) is 22.8 Å². The van der Waals surface area contributed by atoms with E-state index in [1.807, 2.05) is 6.92 Å². The van der Waals surface area contributed by atoms with Gasteiger partial charge in [0, 0.05) is 36.4 Å². The highest BCUT2D eigenvalue weighted by molar-refractivity contribution is 7.93. The molecule has 2 atom stereocenters. The minimum absolute atomic E-state index is 0.139. The molecule has 0 bridgehead atoms. The van der Waals surface area contributed by atoms with Crippen molar-refractivity contribution in [3.05, 3.63) is 54.0 Å². The number of fused-ring (bicyclic) bond motifs is 6. The van der Waals surface area contributed by atoms with Gasteiger partial charge in [0.2, 0.25) is 16.0 Å². The number of pyridine rings is 1. The maximum Gasteiger partial charge on any atom is 0.243 e. The van der Waals surface area contributed by atoms with Gasteiger partial charge in [-0.2, -0.15) is 5.10 Å². The first-order valence-electron chi connectivity index (χ1n) is 11.3. The molecule has 0 aliphatic rings. The number of anilines is 1. The van der Waals surface area contributed by atoms with Gasteiger partial charge in [0.05, 0.1) is 11.6 Å². The molecular formula is C23H25FN8O3S. The molecule has 1 aromatic carbocycles. The molecule has 0 saturated carbocycles. The van der Waals surface area contributed by atoms with Crippen molar-refractivity contribution in [1.82, 2.24) is 34.3 Å². The lowest BCUT2D eigenvalue weighted by Crippen LogP contribution is -2.34. The summed E-state index contributed by atoms with van der Waals surface area (Å²) in [4.78, 5) is 8.56. The molecule has 0 unspecified atom stereocenters. The molecule has 36 heavy (non-hydrogen) atoms. The summed E-state index contributed by atoms with van der Waals surface area (Å²) in [6, 6.07) is 4.62. The lowest BCUT2D eigenvalue weighted by atomic mass is 10.1. The molecule has 4 aromatic heterocycles. The van der Waals surface area contributed by atoms with Crippen LogP contribution >= 0.6 is 0 Å². The third-order valence-electron chi connectivity index (χ3n) is 5.83. The summed E-state index contributed by atoms with van der Waals surface area (Å²) in [5.41, 5.74) is 1.67. The van der Waals surface area contributed by atoms with Crippen LogP contribution in [-0.2, 0) is 21.8 Å². The number of ether oxygens (including phenoxy) is 1. The highest BCUT2D eigenvalue weighted by atomic mass is 32.2. The SMILES string of the molecule is Cc1cnc([C@H](OC(C)C)[C@H](C)S(=O)(=O)Nc2nnc3c4nn(C)cc4c4cccc(F)c4n23)nc1. The van der Waals surface area contributed by atoms with E-state index in [4.69, 9.17) is 4.74 Å². The zero-order chi connectivity index (χ0) is 25.8. The van der Waals surface area contributed by atoms with Gasteiger partial charge in [0.25, 0.3) is 0 Å². The summed E-state index contributed by atoms with van der Waals surface area (Å²) in [7, 11) is -2.39. The first-order valence-corrected chi connectivity index (χ1v) is 12.9. The number of aromatic nitrogens is 7. The van der Waals surface area contributed by atoms with Crippen molar-refractivity contribution in [3.63, 3.8) is 0 Å². The Morgan fingerprint density at radius 1 is 1.08 bits per heavy atom. The standard InChI is InChI=1S/C23H25FN8O3S/c1-12(2)35-20(21-25-9-13(3)10-26-21)14(4)36(33,34)30-23-28-27-22-18-16(11-31(5)29-18)15-7-6-8-17(24)19(15)32(22)23/h6-12,14,20H,1-5H3,(H,28,30)/t14-,20+/m0/s1. The number of para-hydroxylation sites is 1. The van der Waals surface area contributed by atoms with E-state index < -0.39 is 27.2 Å². The Kier molecular flexibility index (Phi) is 5.83. The number of nitrogens with zero attached hydrogens (tertiary/aromatic N) is 7. The van der Waals surface area contributed by atoms with Crippen LogP contribution in [0.4, 0.5) is 10.3 Å². The summed E-state index contributed by atoms with van der Waals surface area (Å²) in [6.07, 6.45) is 3.71. The van der Waals surface area contributed by atoms with Gasteiger partial charge in [0.15, 0.2) is 11.5 Å². The molecule has 11 nitrogen and oxygen atoms in total. The zero-order valence-corrected chi connectivity index (χ0v) is 21.2. The largest absolute Gasteiger partial charge is 0.366 e. The van der Waals surface area contributed by atoms with Crippen molar-refractivity contribution >= 4 is 43.4 Å². The van der Waals surface area contributed by atoms with Gasteiger partial charge in [-0.1, -0.05) is 12.1 Å². The predicted molar refractivity (Wildman–Crippen MR) is 132 cm³/mol. The highest BCUT2D eigenvalue weighted by Crippen LogP contribution is 2.32. The van der Waals surface area contributed by atoms with Crippen LogP contribution in [0.5, 0.6) is 0 Å². The number of rotatable bonds is 7. The van der Waals surface area contributed by atoms with E-state index in [1.165, 1.54) is 17.4 Å². The fraction of sp³-hybridized carbons (Fsp3) is 0.348.